The second kappa shape index (κ2) is 5.41. The number of hydrogen-bond donors (Lipinski definition) is 1. The van der Waals surface area contributed by atoms with Crippen molar-refractivity contribution in [2.75, 3.05) is 0 Å². The summed E-state index contributed by atoms with van der Waals surface area (Å²) in [6.07, 6.45) is 1.79. The van der Waals surface area contributed by atoms with Crippen molar-refractivity contribution in [2.24, 2.45) is 11.1 Å². The molecule has 0 bridgehead atoms. The van der Waals surface area contributed by atoms with Gasteiger partial charge in [0.2, 0.25) is 0 Å². The first kappa shape index (κ1) is 15.2. The number of carbonyl (C=O) groups excluding carboxylic acids is 1. The Morgan fingerprint density at radius 2 is 2.06 bits per heavy atom. The molecule has 0 radical (unpaired) electrons. The van der Waals surface area contributed by atoms with Crippen LogP contribution in [-0.4, -0.2) is 21.6 Å². The number of Topliss-reactive ketones (excluding diaryl/α,β-unsaturated/α-hetero) is 1. The van der Waals surface area contributed by atoms with E-state index in [1.165, 1.54) is 6.20 Å². The molecule has 5 heteroatoms. The van der Waals surface area contributed by atoms with Gasteiger partial charge in [0.1, 0.15) is 5.69 Å². The van der Waals surface area contributed by atoms with Crippen molar-refractivity contribution in [1.82, 2.24) is 9.78 Å². The van der Waals surface area contributed by atoms with Crippen molar-refractivity contribution in [3.8, 4) is 0 Å². The highest BCUT2D eigenvalue weighted by Crippen LogP contribution is 2.25. The lowest BCUT2D eigenvalue weighted by atomic mass is 9.84. The fourth-order valence-corrected chi connectivity index (χ4v) is 1.83. The van der Waals surface area contributed by atoms with Crippen molar-refractivity contribution in [2.45, 2.75) is 53.1 Å². The molecule has 1 aromatic rings. The molecule has 1 rings (SSSR count). The maximum absolute atomic E-state index is 12.3. The van der Waals surface area contributed by atoms with E-state index >= 15 is 0 Å². The van der Waals surface area contributed by atoms with Crippen LogP contribution in [0.2, 0.25) is 5.02 Å². The minimum Gasteiger partial charge on any atom is -0.327 e. The Morgan fingerprint density at radius 3 is 2.50 bits per heavy atom. The average molecular weight is 272 g/mol. The maximum Gasteiger partial charge on any atom is 0.183 e. The lowest BCUT2D eigenvalue weighted by molar-refractivity contribution is 0.0941. The van der Waals surface area contributed by atoms with Gasteiger partial charge in [-0.1, -0.05) is 32.4 Å². The first-order chi connectivity index (χ1) is 8.14. The van der Waals surface area contributed by atoms with Crippen LogP contribution in [-0.2, 0) is 0 Å². The third kappa shape index (κ3) is 3.33. The summed E-state index contributed by atoms with van der Waals surface area (Å²) in [4.78, 5) is 12.3. The summed E-state index contributed by atoms with van der Waals surface area (Å²) in [6.45, 7) is 9.98. The summed E-state index contributed by atoms with van der Waals surface area (Å²) in [7, 11) is 0. The molecular weight excluding hydrogens is 250 g/mol. The summed E-state index contributed by atoms with van der Waals surface area (Å²) in [6, 6.07) is -0.0982. The number of halogens is 1. The van der Waals surface area contributed by atoms with E-state index in [9.17, 15) is 4.79 Å². The molecule has 4 nitrogen and oxygen atoms in total. The molecule has 0 saturated carbocycles. The van der Waals surface area contributed by atoms with Crippen molar-refractivity contribution < 1.29 is 4.79 Å². The molecule has 1 heterocycles. The van der Waals surface area contributed by atoms with Gasteiger partial charge in [-0.2, -0.15) is 5.10 Å². The lowest BCUT2D eigenvalue weighted by Gasteiger charge is -2.26. The Morgan fingerprint density at radius 1 is 1.50 bits per heavy atom. The first-order valence-electron chi connectivity index (χ1n) is 6.16. The third-order valence-electron chi connectivity index (χ3n) is 3.02. The molecule has 0 aliphatic heterocycles. The molecule has 0 fully saturated rings. The van der Waals surface area contributed by atoms with Crippen LogP contribution in [0.25, 0.3) is 0 Å². The second-order valence-corrected chi connectivity index (χ2v) is 6.39. The summed E-state index contributed by atoms with van der Waals surface area (Å²) in [5, 5.41) is 4.53. The highest BCUT2D eigenvalue weighted by atomic mass is 35.5. The minimum absolute atomic E-state index is 0.0476. The summed E-state index contributed by atoms with van der Waals surface area (Å²) in [5.41, 5.74) is 6.40. The van der Waals surface area contributed by atoms with Gasteiger partial charge in [0, 0.05) is 18.5 Å². The van der Waals surface area contributed by atoms with Gasteiger partial charge < -0.3 is 5.73 Å². The van der Waals surface area contributed by atoms with E-state index < -0.39 is 0 Å². The Bertz CT molecular complexity index is 432. The van der Waals surface area contributed by atoms with E-state index in [4.69, 9.17) is 17.3 Å². The predicted molar refractivity (Wildman–Crippen MR) is 74.0 cm³/mol. The second-order valence-electron chi connectivity index (χ2n) is 5.98. The van der Waals surface area contributed by atoms with Crippen LogP contribution in [0.4, 0.5) is 0 Å². The fourth-order valence-electron chi connectivity index (χ4n) is 1.60. The van der Waals surface area contributed by atoms with E-state index in [1.807, 2.05) is 34.6 Å². The Hall–Kier alpha value is -0.870. The van der Waals surface area contributed by atoms with Crippen LogP contribution < -0.4 is 5.73 Å². The van der Waals surface area contributed by atoms with E-state index in [1.54, 1.807) is 4.68 Å². The monoisotopic (exact) mass is 271 g/mol. The summed E-state index contributed by atoms with van der Waals surface area (Å²) in [5.74, 6) is -0.0476. The van der Waals surface area contributed by atoms with Crippen LogP contribution in [0, 0.1) is 5.41 Å². The standard InChI is InChI=1S/C13H22ClN3O/c1-8(2)17-12(9(14)7-16-17)10(18)6-11(15)13(3,4)5/h7-8,11H,6,15H2,1-5H3. The highest BCUT2D eigenvalue weighted by Gasteiger charge is 2.27. The van der Waals surface area contributed by atoms with Gasteiger partial charge in [-0.05, 0) is 19.3 Å². The molecule has 1 atom stereocenters. The van der Waals surface area contributed by atoms with Gasteiger partial charge in [0.15, 0.2) is 5.78 Å². The lowest BCUT2D eigenvalue weighted by Crippen LogP contribution is -2.37. The van der Waals surface area contributed by atoms with Crippen LogP contribution in [0.3, 0.4) is 0 Å². The maximum atomic E-state index is 12.3. The molecule has 0 aliphatic carbocycles. The molecule has 0 saturated heterocycles. The summed E-state index contributed by atoms with van der Waals surface area (Å²) >= 11 is 6.04. The molecular formula is C13H22ClN3O. The third-order valence-corrected chi connectivity index (χ3v) is 3.30. The van der Waals surface area contributed by atoms with Crippen LogP contribution >= 0.6 is 11.6 Å². The fraction of sp³-hybridized carbons (Fsp3) is 0.692. The molecule has 18 heavy (non-hydrogen) atoms. The van der Waals surface area contributed by atoms with E-state index in [2.05, 4.69) is 5.10 Å². The molecule has 0 aliphatic rings. The zero-order chi connectivity index (χ0) is 14.1. The Balaban J connectivity index is 2.95. The smallest absolute Gasteiger partial charge is 0.183 e. The van der Waals surface area contributed by atoms with Gasteiger partial charge in [0.05, 0.1) is 11.2 Å². The van der Waals surface area contributed by atoms with Gasteiger partial charge >= 0.3 is 0 Å². The van der Waals surface area contributed by atoms with Gasteiger partial charge in [-0.3, -0.25) is 9.48 Å². The zero-order valence-corrected chi connectivity index (χ0v) is 12.5. The van der Waals surface area contributed by atoms with E-state index in [0.29, 0.717) is 10.7 Å². The molecule has 2 N–H and O–H groups in total. The SMILES string of the molecule is CC(C)n1ncc(Cl)c1C(=O)CC(N)C(C)(C)C. The van der Waals surface area contributed by atoms with Crippen LogP contribution in [0.15, 0.2) is 6.20 Å². The molecule has 0 amide bonds. The molecule has 102 valence electrons. The van der Waals surface area contributed by atoms with Crippen molar-refractivity contribution >= 4 is 17.4 Å². The Kier molecular flexibility index (Phi) is 4.56. The van der Waals surface area contributed by atoms with E-state index in [-0.39, 0.29) is 29.7 Å². The predicted octanol–water partition coefficient (Wildman–Crippen LogP) is 3.06. The number of carbonyl (C=O) groups is 1. The molecule has 0 aromatic carbocycles. The van der Waals surface area contributed by atoms with Gasteiger partial charge in [0.25, 0.3) is 0 Å². The first-order valence-corrected chi connectivity index (χ1v) is 6.54. The van der Waals surface area contributed by atoms with Crippen molar-refractivity contribution in [3.05, 3.63) is 16.9 Å². The molecule has 1 aromatic heterocycles. The van der Waals surface area contributed by atoms with Gasteiger partial charge in [-0.15, -0.1) is 0 Å². The largest absolute Gasteiger partial charge is 0.327 e. The summed E-state index contributed by atoms with van der Waals surface area (Å²) < 4.78 is 1.65. The van der Waals surface area contributed by atoms with E-state index in [0.717, 1.165) is 0 Å². The number of ketones is 1. The average Bonchev–Trinajstić information content (AvgIpc) is 2.58. The Labute approximate surface area is 113 Å². The quantitative estimate of drug-likeness (QED) is 0.856. The topological polar surface area (TPSA) is 60.9 Å². The minimum atomic E-state index is -0.198. The van der Waals surface area contributed by atoms with Gasteiger partial charge in [-0.25, -0.2) is 0 Å². The van der Waals surface area contributed by atoms with Crippen molar-refractivity contribution in [1.29, 1.82) is 0 Å². The normalized spacial score (nSPS) is 14.0. The van der Waals surface area contributed by atoms with Crippen LogP contribution in [0.1, 0.15) is 57.6 Å². The van der Waals surface area contributed by atoms with Crippen molar-refractivity contribution in [3.63, 3.8) is 0 Å². The molecule has 1 unspecified atom stereocenters. The van der Waals surface area contributed by atoms with Crippen LogP contribution in [0.5, 0.6) is 0 Å². The number of nitrogens with two attached hydrogens (primary N) is 1. The highest BCUT2D eigenvalue weighted by molar-refractivity contribution is 6.33. The number of aromatic nitrogens is 2. The molecule has 0 spiro atoms. The number of hydrogen-bond acceptors (Lipinski definition) is 3. The number of nitrogens with zero attached hydrogens (tertiary/aromatic N) is 2. The zero-order valence-electron chi connectivity index (χ0n) is 11.7. The number of rotatable bonds is 4.